The Morgan fingerprint density at radius 1 is 1.10 bits per heavy atom. The van der Waals surface area contributed by atoms with E-state index < -0.39 is 37.0 Å². The largest absolute Gasteiger partial charge is 0.469 e. The van der Waals surface area contributed by atoms with Crippen LogP contribution >= 0.6 is 11.8 Å². The van der Waals surface area contributed by atoms with Crippen molar-refractivity contribution in [3.8, 4) is 0 Å². The molecule has 1 aromatic carbocycles. The zero-order chi connectivity index (χ0) is 31.8. The van der Waals surface area contributed by atoms with E-state index in [0.717, 1.165) is 5.56 Å². The number of hydrogen-bond donors (Lipinski definition) is 1. The van der Waals surface area contributed by atoms with E-state index in [-0.39, 0.29) is 40.7 Å². The fourth-order valence-corrected chi connectivity index (χ4v) is 8.14. The Morgan fingerprint density at radius 3 is 2.19 bits per heavy atom. The highest BCUT2D eigenvalue weighted by Gasteiger charge is 2.62. The molecule has 3 rings (SSSR count). The van der Waals surface area contributed by atoms with Crippen LogP contribution in [0, 0.1) is 11.8 Å². The van der Waals surface area contributed by atoms with Crippen LogP contribution in [0.4, 0.5) is 4.79 Å². The summed E-state index contributed by atoms with van der Waals surface area (Å²) in [5, 5.41) is 3.20. The molecule has 2 amide bonds. The first kappa shape index (κ1) is 34.4. The molecule has 0 bridgehead atoms. The zero-order valence-electron chi connectivity index (χ0n) is 27.6. The molecule has 8 nitrogen and oxygen atoms in total. The number of esters is 1. The lowest BCUT2D eigenvalue weighted by molar-refractivity contribution is -0.143. The lowest BCUT2D eigenvalue weighted by Crippen LogP contribution is -2.58. The van der Waals surface area contributed by atoms with Gasteiger partial charge in [-0.2, -0.15) is 0 Å². The molecule has 2 fully saturated rings. The molecule has 236 valence electrons. The standard InChI is InChI=1S/C32H52N2O6SSi/c1-13-21(33-27(35)22-19-41-32(8,9)34(22)29(37)39-30(2,3)4)26(40-42(11,12)31(5,6)7)24-23(25(24)28(36)38-10)20-17-15-14-16-18-20/h14-18,21-26H,13,19H2,1-12H3,(H,33,35)/t21-,22-,23+,24-,25+,26+/m0/s1. The Morgan fingerprint density at radius 2 is 1.69 bits per heavy atom. The van der Waals surface area contributed by atoms with Crippen molar-refractivity contribution >= 4 is 38.0 Å². The van der Waals surface area contributed by atoms with Crippen LogP contribution in [0.5, 0.6) is 0 Å². The molecule has 1 aromatic rings. The molecule has 1 saturated heterocycles. The van der Waals surface area contributed by atoms with Gasteiger partial charge < -0.3 is 19.2 Å². The van der Waals surface area contributed by atoms with Gasteiger partial charge in [-0.25, -0.2) is 4.79 Å². The Hall–Kier alpha value is -2.04. The van der Waals surface area contributed by atoms with Gasteiger partial charge in [-0.3, -0.25) is 14.5 Å². The minimum absolute atomic E-state index is 0.0707. The van der Waals surface area contributed by atoms with Gasteiger partial charge in [-0.05, 0) is 64.7 Å². The SMILES string of the molecule is CC[C@H](NC(=O)[C@@H]1CSC(C)(C)N1C(=O)OC(C)(C)C)[C@@H](O[Si](C)(C)C(C)(C)C)[C@@H]1[C@H](C(=O)OC)[C@@H]1c1ccccc1. The predicted molar refractivity (Wildman–Crippen MR) is 171 cm³/mol. The van der Waals surface area contributed by atoms with E-state index in [2.05, 4.69) is 39.2 Å². The molecule has 1 N–H and O–H groups in total. The lowest BCUT2D eigenvalue weighted by Gasteiger charge is -2.42. The number of rotatable bonds is 9. The molecule has 42 heavy (non-hydrogen) atoms. The summed E-state index contributed by atoms with van der Waals surface area (Å²) in [5.41, 5.74) is 0.379. The number of amides is 2. The van der Waals surface area contributed by atoms with Crippen molar-refractivity contribution in [3.63, 3.8) is 0 Å². The maximum atomic E-state index is 14.0. The van der Waals surface area contributed by atoms with E-state index in [4.69, 9.17) is 13.9 Å². The second-order valence-corrected chi connectivity index (χ2v) is 20.9. The molecule has 0 unspecified atom stereocenters. The number of nitrogens with zero attached hydrogens (tertiary/aromatic N) is 1. The molecular formula is C32H52N2O6SSi. The third-order valence-electron chi connectivity index (χ3n) is 8.89. The van der Waals surface area contributed by atoms with E-state index >= 15 is 0 Å². The second kappa shape index (κ2) is 12.5. The first-order valence-corrected chi connectivity index (χ1v) is 18.9. The number of thioether (sulfide) groups is 1. The van der Waals surface area contributed by atoms with Gasteiger partial charge in [-0.15, -0.1) is 11.8 Å². The van der Waals surface area contributed by atoms with Crippen molar-refractivity contribution in [1.29, 1.82) is 0 Å². The van der Waals surface area contributed by atoms with Gasteiger partial charge in [0.2, 0.25) is 5.91 Å². The van der Waals surface area contributed by atoms with E-state index in [0.29, 0.717) is 12.2 Å². The number of methoxy groups -OCH3 is 1. The number of nitrogens with one attached hydrogen (secondary N) is 1. The molecule has 2 aliphatic rings. The smallest absolute Gasteiger partial charge is 0.412 e. The summed E-state index contributed by atoms with van der Waals surface area (Å²) in [7, 11) is -0.907. The third kappa shape index (κ3) is 7.53. The van der Waals surface area contributed by atoms with E-state index in [9.17, 15) is 14.4 Å². The summed E-state index contributed by atoms with van der Waals surface area (Å²) in [6.45, 7) is 22.3. The van der Waals surface area contributed by atoms with Crippen LogP contribution < -0.4 is 5.32 Å². The molecule has 0 aromatic heterocycles. The fourth-order valence-electron chi connectivity index (χ4n) is 5.58. The van der Waals surface area contributed by atoms with Crippen molar-refractivity contribution in [2.45, 2.75) is 121 Å². The number of ether oxygens (including phenoxy) is 2. The Labute approximate surface area is 258 Å². The van der Waals surface area contributed by atoms with Crippen LogP contribution in [0.3, 0.4) is 0 Å². The first-order chi connectivity index (χ1) is 19.3. The van der Waals surface area contributed by atoms with Crippen molar-refractivity contribution in [3.05, 3.63) is 35.9 Å². The van der Waals surface area contributed by atoms with Crippen LogP contribution in [0.25, 0.3) is 0 Å². The lowest BCUT2D eigenvalue weighted by atomic mass is 9.99. The number of hydrogen-bond acceptors (Lipinski definition) is 7. The van der Waals surface area contributed by atoms with Gasteiger partial charge >= 0.3 is 12.1 Å². The molecule has 1 heterocycles. The third-order valence-corrected chi connectivity index (χ3v) is 14.8. The van der Waals surface area contributed by atoms with E-state index in [1.807, 2.05) is 71.9 Å². The number of carbonyl (C=O) groups excluding carboxylic acids is 3. The summed E-state index contributed by atoms with van der Waals surface area (Å²) < 4.78 is 18.1. The number of carbonyl (C=O) groups is 3. The van der Waals surface area contributed by atoms with Crippen LogP contribution in [-0.4, -0.2) is 72.7 Å². The van der Waals surface area contributed by atoms with Gasteiger partial charge in [0.25, 0.3) is 0 Å². The molecular weight excluding hydrogens is 569 g/mol. The first-order valence-electron chi connectivity index (χ1n) is 15.0. The predicted octanol–water partition coefficient (Wildman–Crippen LogP) is 6.56. The van der Waals surface area contributed by atoms with Gasteiger partial charge in [0.1, 0.15) is 11.6 Å². The summed E-state index contributed by atoms with van der Waals surface area (Å²) in [4.78, 5) is 41.3. The highest BCUT2D eigenvalue weighted by molar-refractivity contribution is 8.00. The second-order valence-electron chi connectivity index (χ2n) is 14.6. The topological polar surface area (TPSA) is 94.2 Å². The van der Waals surface area contributed by atoms with Gasteiger partial charge in [-0.1, -0.05) is 58.0 Å². The average molecular weight is 621 g/mol. The molecule has 0 radical (unpaired) electrons. The van der Waals surface area contributed by atoms with E-state index in [1.54, 1.807) is 16.7 Å². The maximum absolute atomic E-state index is 14.0. The van der Waals surface area contributed by atoms with E-state index in [1.165, 1.54) is 7.11 Å². The average Bonchev–Trinajstić information content (AvgIpc) is 3.52. The minimum Gasteiger partial charge on any atom is -0.469 e. The summed E-state index contributed by atoms with van der Waals surface area (Å²) >= 11 is 1.56. The van der Waals surface area contributed by atoms with Crippen molar-refractivity contribution in [2.75, 3.05) is 12.9 Å². The Kier molecular flexibility index (Phi) is 10.3. The Balaban J connectivity index is 1.97. The summed E-state index contributed by atoms with van der Waals surface area (Å²) in [5.74, 6) is -0.625. The van der Waals surface area contributed by atoms with Crippen molar-refractivity contribution in [1.82, 2.24) is 10.2 Å². The van der Waals surface area contributed by atoms with Crippen LogP contribution in [0.2, 0.25) is 18.1 Å². The van der Waals surface area contributed by atoms with Gasteiger partial charge in [0.05, 0.1) is 30.0 Å². The minimum atomic E-state index is -2.33. The highest BCUT2D eigenvalue weighted by Crippen LogP contribution is 2.59. The molecule has 6 atom stereocenters. The van der Waals surface area contributed by atoms with Crippen LogP contribution in [0.1, 0.15) is 80.2 Å². The fraction of sp³-hybridized carbons (Fsp3) is 0.719. The summed E-state index contributed by atoms with van der Waals surface area (Å²) in [6, 6.07) is 8.94. The van der Waals surface area contributed by atoms with Crippen LogP contribution in [0.15, 0.2) is 30.3 Å². The molecule has 1 saturated carbocycles. The monoisotopic (exact) mass is 620 g/mol. The molecule has 1 aliphatic carbocycles. The van der Waals surface area contributed by atoms with Gasteiger partial charge in [0, 0.05) is 17.6 Å². The molecule has 10 heteroatoms. The highest BCUT2D eigenvalue weighted by atomic mass is 32.2. The molecule has 0 spiro atoms. The maximum Gasteiger partial charge on any atom is 0.412 e. The van der Waals surface area contributed by atoms with Crippen molar-refractivity contribution in [2.24, 2.45) is 11.8 Å². The zero-order valence-corrected chi connectivity index (χ0v) is 29.4. The number of benzene rings is 1. The molecule has 1 aliphatic heterocycles. The summed E-state index contributed by atoms with van der Waals surface area (Å²) in [6.07, 6.45) is -0.310. The normalized spacial score (nSPS) is 25.4. The van der Waals surface area contributed by atoms with Crippen LogP contribution in [-0.2, 0) is 23.5 Å². The van der Waals surface area contributed by atoms with Gasteiger partial charge in [0.15, 0.2) is 8.32 Å². The quantitative estimate of drug-likeness (QED) is 0.247. The van der Waals surface area contributed by atoms with Crippen molar-refractivity contribution < 1.29 is 28.3 Å². The Bertz CT molecular complexity index is 1130.